The van der Waals surface area contributed by atoms with Crippen LogP contribution in [0.3, 0.4) is 0 Å². The molecule has 0 saturated heterocycles. The number of hydrogen-bond acceptors (Lipinski definition) is 5. The van der Waals surface area contributed by atoms with Crippen LogP contribution < -0.4 is 15.8 Å². The molecule has 1 heterocycles. The van der Waals surface area contributed by atoms with E-state index in [9.17, 15) is 4.79 Å². The van der Waals surface area contributed by atoms with Crippen molar-refractivity contribution in [1.29, 1.82) is 0 Å². The number of rotatable bonds is 3. The predicted molar refractivity (Wildman–Crippen MR) is 64.4 cm³/mol. The zero-order chi connectivity index (χ0) is 12.3. The monoisotopic (exact) mass is 236 g/mol. The van der Waals surface area contributed by atoms with Crippen molar-refractivity contribution < 1.29 is 14.3 Å². The number of carbonyl (C=O) groups excluding carboxylic acids is 1. The summed E-state index contributed by atoms with van der Waals surface area (Å²) in [7, 11) is 1.36. The van der Waals surface area contributed by atoms with Crippen molar-refractivity contribution in [3.63, 3.8) is 0 Å². The van der Waals surface area contributed by atoms with Gasteiger partial charge in [-0.1, -0.05) is 0 Å². The van der Waals surface area contributed by atoms with Gasteiger partial charge in [-0.2, -0.15) is 0 Å². The minimum atomic E-state index is -0.351. The van der Waals surface area contributed by atoms with E-state index in [0.29, 0.717) is 18.7 Å². The van der Waals surface area contributed by atoms with Crippen LogP contribution in [-0.2, 0) is 4.74 Å². The molecule has 1 aliphatic heterocycles. The van der Waals surface area contributed by atoms with Gasteiger partial charge in [-0.15, -0.1) is 0 Å². The summed E-state index contributed by atoms with van der Waals surface area (Å²) in [4.78, 5) is 11.4. The highest BCUT2D eigenvalue weighted by Crippen LogP contribution is 2.30. The van der Waals surface area contributed by atoms with E-state index in [4.69, 9.17) is 10.5 Å². The molecule has 0 spiro atoms. The van der Waals surface area contributed by atoms with Gasteiger partial charge in [-0.25, -0.2) is 4.79 Å². The Kier molecular flexibility index (Phi) is 3.49. The van der Waals surface area contributed by atoms with Crippen LogP contribution in [0.2, 0.25) is 0 Å². The molecular weight excluding hydrogens is 220 g/mol. The number of methoxy groups -OCH3 is 1. The van der Waals surface area contributed by atoms with E-state index >= 15 is 0 Å². The molecule has 1 aromatic carbocycles. The fourth-order valence-corrected chi connectivity index (χ4v) is 1.82. The smallest absolute Gasteiger partial charge is 0.337 e. The molecule has 1 aromatic rings. The van der Waals surface area contributed by atoms with Crippen molar-refractivity contribution in [2.24, 2.45) is 5.73 Å². The summed E-state index contributed by atoms with van der Waals surface area (Å²) >= 11 is 0. The number of carbonyl (C=O) groups is 1. The minimum Gasteiger partial charge on any atom is -0.489 e. The number of fused-ring (bicyclic) bond motifs is 1. The molecule has 0 aromatic heterocycles. The highest BCUT2D eigenvalue weighted by molar-refractivity contribution is 5.91. The summed E-state index contributed by atoms with van der Waals surface area (Å²) in [6.45, 7) is 1.20. The second-order valence-corrected chi connectivity index (χ2v) is 3.93. The Morgan fingerprint density at radius 3 is 3.18 bits per heavy atom. The van der Waals surface area contributed by atoms with E-state index in [-0.39, 0.29) is 12.0 Å². The Morgan fingerprint density at radius 1 is 1.65 bits per heavy atom. The number of anilines is 1. The molecule has 0 saturated carbocycles. The molecule has 5 heteroatoms. The number of nitrogens with one attached hydrogen (secondary N) is 1. The van der Waals surface area contributed by atoms with Gasteiger partial charge in [0.05, 0.1) is 24.4 Å². The first kappa shape index (κ1) is 11.7. The Bertz CT molecular complexity index is 420. The van der Waals surface area contributed by atoms with E-state index in [1.54, 1.807) is 18.2 Å². The first-order valence-corrected chi connectivity index (χ1v) is 5.56. The molecule has 0 amide bonds. The van der Waals surface area contributed by atoms with Gasteiger partial charge in [0.25, 0.3) is 0 Å². The maximum Gasteiger partial charge on any atom is 0.337 e. The minimum absolute atomic E-state index is 0.195. The Hall–Kier alpha value is -1.75. The second kappa shape index (κ2) is 5.05. The van der Waals surface area contributed by atoms with Gasteiger partial charge >= 0.3 is 5.97 Å². The predicted octanol–water partition coefficient (Wildman–Crippen LogP) is 0.995. The SMILES string of the molecule is COC(=O)c1ccc2c(c1)NC(CCN)CO2. The van der Waals surface area contributed by atoms with Crippen LogP contribution in [0.5, 0.6) is 5.75 Å². The summed E-state index contributed by atoms with van der Waals surface area (Å²) in [5.74, 6) is 0.404. The molecule has 17 heavy (non-hydrogen) atoms. The molecule has 1 aliphatic rings. The summed E-state index contributed by atoms with van der Waals surface area (Å²) in [6, 6.07) is 5.40. The number of esters is 1. The fraction of sp³-hybridized carbons (Fsp3) is 0.417. The van der Waals surface area contributed by atoms with Crippen molar-refractivity contribution >= 4 is 11.7 Å². The van der Waals surface area contributed by atoms with Crippen LogP contribution >= 0.6 is 0 Å². The quantitative estimate of drug-likeness (QED) is 0.766. The van der Waals surface area contributed by atoms with Crippen molar-refractivity contribution in [3.05, 3.63) is 23.8 Å². The van der Waals surface area contributed by atoms with Crippen molar-refractivity contribution in [2.75, 3.05) is 25.6 Å². The number of benzene rings is 1. The van der Waals surface area contributed by atoms with Gasteiger partial charge in [0.15, 0.2) is 0 Å². The molecule has 5 nitrogen and oxygen atoms in total. The summed E-state index contributed by atoms with van der Waals surface area (Å²) in [5, 5.41) is 3.30. The van der Waals surface area contributed by atoms with Gasteiger partial charge in [0, 0.05) is 0 Å². The van der Waals surface area contributed by atoms with E-state index in [1.807, 2.05) is 0 Å². The average molecular weight is 236 g/mol. The molecule has 2 rings (SSSR count). The van der Waals surface area contributed by atoms with Crippen molar-refractivity contribution in [3.8, 4) is 5.75 Å². The third-order valence-electron chi connectivity index (χ3n) is 2.72. The van der Waals surface area contributed by atoms with Crippen LogP contribution in [0.1, 0.15) is 16.8 Å². The lowest BCUT2D eigenvalue weighted by Crippen LogP contribution is -2.33. The standard InChI is InChI=1S/C12H16N2O3/c1-16-12(15)8-2-3-11-10(6-8)14-9(4-5-13)7-17-11/h2-3,6,9,14H,4-5,7,13H2,1H3. The Labute approximate surface area is 99.9 Å². The van der Waals surface area contributed by atoms with Crippen LogP contribution in [-0.4, -0.2) is 32.3 Å². The normalized spacial score (nSPS) is 17.6. The van der Waals surface area contributed by atoms with Gasteiger partial charge < -0.3 is 20.5 Å². The lowest BCUT2D eigenvalue weighted by Gasteiger charge is -2.27. The third kappa shape index (κ3) is 2.50. The second-order valence-electron chi connectivity index (χ2n) is 3.93. The zero-order valence-corrected chi connectivity index (χ0v) is 9.73. The first-order valence-electron chi connectivity index (χ1n) is 5.56. The highest BCUT2D eigenvalue weighted by Gasteiger charge is 2.19. The number of ether oxygens (including phenoxy) is 2. The lowest BCUT2D eigenvalue weighted by atomic mass is 10.1. The third-order valence-corrected chi connectivity index (χ3v) is 2.72. The van der Waals surface area contributed by atoms with E-state index < -0.39 is 0 Å². The number of hydrogen-bond donors (Lipinski definition) is 2. The van der Waals surface area contributed by atoms with Crippen LogP contribution in [0, 0.1) is 0 Å². The van der Waals surface area contributed by atoms with Crippen LogP contribution in [0.15, 0.2) is 18.2 Å². The van der Waals surface area contributed by atoms with Crippen LogP contribution in [0.25, 0.3) is 0 Å². The first-order chi connectivity index (χ1) is 8.24. The lowest BCUT2D eigenvalue weighted by molar-refractivity contribution is 0.0600. The maximum atomic E-state index is 11.4. The molecule has 0 bridgehead atoms. The molecule has 1 atom stereocenters. The molecule has 0 radical (unpaired) electrons. The van der Waals surface area contributed by atoms with Gasteiger partial charge in [0.1, 0.15) is 12.4 Å². The molecule has 0 aliphatic carbocycles. The molecule has 1 unspecified atom stereocenters. The van der Waals surface area contributed by atoms with Crippen LogP contribution in [0.4, 0.5) is 5.69 Å². The molecule has 92 valence electrons. The maximum absolute atomic E-state index is 11.4. The largest absolute Gasteiger partial charge is 0.489 e. The molecule has 0 fully saturated rings. The topological polar surface area (TPSA) is 73.6 Å². The van der Waals surface area contributed by atoms with Gasteiger partial charge in [0.2, 0.25) is 0 Å². The van der Waals surface area contributed by atoms with Crippen molar-refractivity contribution in [1.82, 2.24) is 0 Å². The van der Waals surface area contributed by atoms with Gasteiger partial charge in [-0.05, 0) is 31.2 Å². The molecular formula is C12H16N2O3. The fourth-order valence-electron chi connectivity index (χ4n) is 1.82. The van der Waals surface area contributed by atoms with Crippen molar-refractivity contribution in [2.45, 2.75) is 12.5 Å². The molecule has 3 N–H and O–H groups in total. The highest BCUT2D eigenvalue weighted by atomic mass is 16.5. The summed E-state index contributed by atoms with van der Waals surface area (Å²) in [6.07, 6.45) is 0.835. The Morgan fingerprint density at radius 2 is 2.47 bits per heavy atom. The summed E-state index contributed by atoms with van der Waals surface area (Å²) in [5.41, 5.74) is 6.84. The number of nitrogens with two attached hydrogens (primary N) is 1. The Balaban J connectivity index is 2.20. The van der Waals surface area contributed by atoms with E-state index in [1.165, 1.54) is 7.11 Å². The van der Waals surface area contributed by atoms with Gasteiger partial charge in [-0.3, -0.25) is 0 Å². The average Bonchev–Trinajstić information content (AvgIpc) is 2.37. The summed E-state index contributed by atoms with van der Waals surface area (Å²) < 4.78 is 10.3. The zero-order valence-electron chi connectivity index (χ0n) is 9.73. The van der Waals surface area contributed by atoms with E-state index in [2.05, 4.69) is 10.1 Å². The van der Waals surface area contributed by atoms with E-state index in [0.717, 1.165) is 17.9 Å².